The molecule has 28 heavy (non-hydrogen) atoms. The lowest BCUT2D eigenvalue weighted by molar-refractivity contribution is 0.102. The number of benzene rings is 2. The summed E-state index contributed by atoms with van der Waals surface area (Å²) in [5.74, 6) is 2.43. The van der Waals surface area contributed by atoms with Crippen molar-refractivity contribution in [1.29, 1.82) is 0 Å². The second kappa shape index (κ2) is 7.83. The van der Waals surface area contributed by atoms with Gasteiger partial charge < -0.3 is 24.8 Å². The van der Waals surface area contributed by atoms with Crippen molar-refractivity contribution in [2.75, 3.05) is 24.5 Å². The number of carbonyl (C=O) groups is 1. The SMILES string of the molecule is COc1ccc(NC(=O)c2cnc(NCc3ccc4c(c3)OCO4)cn2)cc1. The van der Waals surface area contributed by atoms with E-state index < -0.39 is 0 Å². The van der Waals surface area contributed by atoms with Crippen molar-refractivity contribution in [3.8, 4) is 17.2 Å². The Morgan fingerprint density at radius 2 is 1.89 bits per heavy atom. The number of carbonyl (C=O) groups excluding carboxylic acids is 1. The molecule has 4 rings (SSSR count). The zero-order valence-electron chi connectivity index (χ0n) is 15.1. The van der Waals surface area contributed by atoms with Crippen LogP contribution in [0.15, 0.2) is 54.9 Å². The molecule has 0 spiro atoms. The highest BCUT2D eigenvalue weighted by molar-refractivity contribution is 6.02. The van der Waals surface area contributed by atoms with E-state index in [1.165, 1.54) is 12.4 Å². The summed E-state index contributed by atoms with van der Waals surface area (Å²) in [5, 5.41) is 5.93. The Kier molecular flexibility index (Phi) is 4.92. The van der Waals surface area contributed by atoms with E-state index >= 15 is 0 Å². The highest BCUT2D eigenvalue weighted by atomic mass is 16.7. The number of nitrogens with zero attached hydrogens (tertiary/aromatic N) is 2. The molecule has 0 bridgehead atoms. The number of nitrogens with one attached hydrogen (secondary N) is 2. The number of amides is 1. The zero-order chi connectivity index (χ0) is 19.3. The van der Waals surface area contributed by atoms with Crippen molar-refractivity contribution in [1.82, 2.24) is 9.97 Å². The van der Waals surface area contributed by atoms with Crippen molar-refractivity contribution in [2.45, 2.75) is 6.54 Å². The molecule has 3 aromatic rings. The van der Waals surface area contributed by atoms with Gasteiger partial charge in [-0.05, 0) is 42.0 Å². The summed E-state index contributed by atoms with van der Waals surface area (Å²) in [4.78, 5) is 20.7. The van der Waals surface area contributed by atoms with Crippen LogP contribution >= 0.6 is 0 Å². The van der Waals surface area contributed by atoms with Gasteiger partial charge in [-0.15, -0.1) is 0 Å². The van der Waals surface area contributed by atoms with Crippen LogP contribution in [0.25, 0.3) is 0 Å². The average molecular weight is 378 g/mol. The third-order valence-electron chi connectivity index (χ3n) is 4.14. The quantitative estimate of drug-likeness (QED) is 0.681. The standard InChI is InChI=1S/C20H18N4O4/c1-26-15-5-3-14(4-6-15)24-20(25)16-10-23-19(11-21-16)22-9-13-2-7-17-18(8-13)28-12-27-17/h2-8,10-11H,9,12H2,1H3,(H,22,23)(H,24,25). The normalized spacial score (nSPS) is 11.8. The molecule has 2 aromatic carbocycles. The monoisotopic (exact) mass is 378 g/mol. The van der Waals surface area contributed by atoms with Crippen LogP contribution in [0.3, 0.4) is 0 Å². The van der Waals surface area contributed by atoms with Crippen LogP contribution < -0.4 is 24.8 Å². The van der Waals surface area contributed by atoms with Crippen molar-refractivity contribution in [2.24, 2.45) is 0 Å². The van der Waals surface area contributed by atoms with Crippen LogP contribution in [0, 0.1) is 0 Å². The fraction of sp³-hybridized carbons (Fsp3) is 0.150. The third-order valence-corrected chi connectivity index (χ3v) is 4.14. The first-order valence-electron chi connectivity index (χ1n) is 8.61. The molecule has 8 nitrogen and oxygen atoms in total. The number of anilines is 2. The molecule has 2 N–H and O–H groups in total. The molecule has 2 heterocycles. The average Bonchev–Trinajstić information content (AvgIpc) is 3.21. The van der Waals surface area contributed by atoms with Crippen LogP contribution in [0.2, 0.25) is 0 Å². The molecule has 8 heteroatoms. The van der Waals surface area contributed by atoms with Crippen LogP contribution in [-0.2, 0) is 6.54 Å². The minimum atomic E-state index is -0.333. The number of ether oxygens (including phenoxy) is 3. The summed E-state index contributed by atoms with van der Waals surface area (Å²) in [6.45, 7) is 0.792. The minimum Gasteiger partial charge on any atom is -0.497 e. The van der Waals surface area contributed by atoms with Gasteiger partial charge in [0.15, 0.2) is 11.5 Å². The van der Waals surface area contributed by atoms with Gasteiger partial charge in [0.1, 0.15) is 17.3 Å². The van der Waals surface area contributed by atoms with E-state index in [9.17, 15) is 4.79 Å². The first kappa shape index (κ1) is 17.6. The Labute approximate surface area is 161 Å². The molecule has 1 amide bonds. The van der Waals surface area contributed by atoms with E-state index in [1.807, 2.05) is 18.2 Å². The molecule has 1 aliphatic heterocycles. The Balaban J connectivity index is 1.34. The second-order valence-corrected chi connectivity index (χ2v) is 6.01. The zero-order valence-corrected chi connectivity index (χ0v) is 15.1. The molecule has 142 valence electrons. The Morgan fingerprint density at radius 1 is 1.07 bits per heavy atom. The molecule has 1 aromatic heterocycles. The van der Waals surface area contributed by atoms with Gasteiger partial charge >= 0.3 is 0 Å². The molecule has 1 aliphatic rings. The molecule has 0 aliphatic carbocycles. The lowest BCUT2D eigenvalue weighted by Crippen LogP contribution is -2.14. The Hall–Kier alpha value is -3.81. The fourth-order valence-corrected chi connectivity index (χ4v) is 2.65. The smallest absolute Gasteiger partial charge is 0.275 e. The van der Waals surface area contributed by atoms with Gasteiger partial charge in [-0.2, -0.15) is 0 Å². The summed E-state index contributed by atoms with van der Waals surface area (Å²) in [6, 6.07) is 12.8. The van der Waals surface area contributed by atoms with Gasteiger partial charge in [0.05, 0.1) is 19.5 Å². The maximum Gasteiger partial charge on any atom is 0.275 e. The maximum atomic E-state index is 12.3. The van der Waals surface area contributed by atoms with Gasteiger partial charge in [0, 0.05) is 12.2 Å². The van der Waals surface area contributed by atoms with E-state index in [1.54, 1.807) is 31.4 Å². The number of methoxy groups -OCH3 is 1. The van der Waals surface area contributed by atoms with Gasteiger partial charge in [0.2, 0.25) is 6.79 Å². The summed E-state index contributed by atoms with van der Waals surface area (Å²) < 4.78 is 15.8. The first-order valence-corrected chi connectivity index (χ1v) is 8.61. The number of rotatable bonds is 6. The summed E-state index contributed by atoms with van der Waals surface area (Å²) in [6.07, 6.45) is 2.96. The van der Waals surface area contributed by atoms with Gasteiger partial charge in [-0.1, -0.05) is 6.07 Å². The summed E-state index contributed by atoms with van der Waals surface area (Å²) >= 11 is 0. The van der Waals surface area contributed by atoms with E-state index in [-0.39, 0.29) is 18.4 Å². The largest absolute Gasteiger partial charge is 0.497 e. The van der Waals surface area contributed by atoms with E-state index in [0.29, 0.717) is 18.1 Å². The lowest BCUT2D eigenvalue weighted by atomic mass is 10.2. The number of hydrogen-bond donors (Lipinski definition) is 2. The molecule has 0 saturated carbocycles. The Morgan fingerprint density at radius 3 is 2.64 bits per heavy atom. The molecule has 0 saturated heterocycles. The number of fused-ring (bicyclic) bond motifs is 1. The van der Waals surface area contributed by atoms with Gasteiger partial charge in [-0.25, -0.2) is 9.97 Å². The molecular formula is C20H18N4O4. The lowest BCUT2D eigenvalue weighted by Gasteiger charge is -2.08. The molecule has 0 unspecified atom stereocenters. The van der Waals surface area contributed by atoms with Crippen LogP contribution in [0.4, 0.5) is 11.5 Å². The van der Waals surface area contributed by atoms with Crippen LogP contribution in [-0.4, -0.2) is 29.8 Å². The highest BCUT2D eigenvalue weighted by Gasteiger charge is 2.13. The maximum absolute atomic E-state index is 12.3. The van der Waals surface area contributed by atoms with Gasteiger partial charge in [-0.3, -0.25) is 4.79 Å². The van der Waals surface area contributed by atoms with Crippen molar-refractivity contribution < 1.29 is 19.0 Å². The van der Waals surface area contributed by atoms with Crippen LogP contribution in [0.5, 0.6) is 17.2 Å². The van der Waals surface area contributed by atoms with E-state index in [0.717, 1.165) is 22.8 Å². The predicted octanol–water partition coefficient (Wildman–Crippen LogP) is 3.08. The predicted molar refractivity (Wildman–Crippen MR) is 103 cm³/mol. The van der Waals surface area contributed by atoms with Crippen LogP contribution in [0.1, 0.15) is 16.1 Å². The molecular weight excluding hydrogens is 360 g/mol. The van der Waals surface area contributed by atoms with Crippen molar-refractivity contribution >= 4 is 17.4 Å². The van der Waals surface area contributed by atoms with Gasteiger partial charge in [0.25, 0.3) is 5.91 Å². The highest BCUT2D eigenvalue weighted by Crippen LogP contribution is 2.32. The number of hydrogen-bond acceptors (Lipinski definition) is 7. The van der Waals surface area contributed by atoms with Crippen molar-refractivity contribution in [3.63, 3.8) is 0 Å². The molecule has 0 radical (unpaired) electrons. The molecule has 0 atom stereocenters. The summed E-state index contributed by atoms with van der Waals surface area (Å²) in [5.41, 5.74) is 1.90. The van der Waals surface area contributed by atoms with Crippen molar-refractivity contribution in [3.05, 3.63) is 66.1 Å². The van der Waals surface area contributed by atoms with E-state index in [2.05, 4.69) is 20.6 Å². The number of aromatic nitrogens is 2. The second-order valence-electron chi connectivity index (χ2n) is 6.01. The minimum absolute atomic E-state index is 0.226. The summed E-state index contributed by atoms with van der Waals surface area (Å²) in [7, 11) is 1.59. The Bertz CT molecular complexity index is 975. The third kappa shape index (κ3) is 3.96. The topological polar surface area (TPSA) is 94.6 Å². The first-order chi connectivity index (χ1) is 13.7. The fourth-order valence-electron chi connectivity index (χ4n) is 2.65. The molecule has 0 fully saturated rings. The van der Waals surface area contributed by atoms with E-state index in [4.69, 9.17) is 14.2 Å².